The van der Waals surface area contributed by atoms with Crippen molar-refractivity contribution in [3.05, 3.63) is 53.0 Å². The van der Waals surface area contributed by atoms with Crippen molar-refractivity contribution < 1.29 is 8.42 Å². The van der Waals surface area contributed by atoms with Gasteiger partial charge in [0.25, 0.3) is 0 Å². The normalized spacial score (nSPS) is 12.0. The number of sulfonamides is 1. The first-order chi connectivity index (χ1) is 10.0. The summed E-state index contributed by atoms with van der Waals surface area (Å²) in [6, 6.07) is 11.6. The van der Waals surface area contributed by atoms with Gasteiger partial charge >= 0.3 is 0 Å². The summed E-state index contributed by atoms with van der Waals surface area (Å²) in [5, 5.41) is 2.92. The van der Waals surface area contributed by atoms with E-state index in [1.807, 2.05) is 19.1 Å². The van der Waals surface area contributed by atoms with Gasteiger partial charge in [-0.3, -0.25) is 0 Å². The largest absolute Gasteiger partial charge is 0.359 e. The second-order valence-electron chi connectivity index (χ2n) is 4.95. The summed E-state index contributed by atoms with van der Waals surface area (Å²) in [6.45, 7) is 2.42. The Bertz CT molecular complexity index is 849. The summed E-state index contributed by atoms with van der Waals surface area (Å²) in [5.74, 6) is 0. The monoisotopic (exact) mass is 320 g/mol. The van der Waals surface area contributed by atoms with Crippen LogP contribution in [-0.4, -0.2) is 19.9 Å². The molecule has 0 saturated heterocycles. The zero-order chi connectivity index (χ0) is 14.9. The van der Waals surface area contributed by atoms with Gasteiger partial charge in [-0.2, -0.15) is 0 Å². The molecule has 1 aromatic carbocycles. The number of fused-ring (bicyclic) bond motifs is 1. The summed E-state index contributed by atoms with van der Waals surface area (Å²) in [4.78, 5) is 3.27. The minimum absolute atomic E-state index is 0.360. The number of aryl methyl sites for hydroxylation is 1. The molecule has 0 fully saturated rings. The van der Waals surface area contributed by atoms with Crippen molar-refractivity contribution >= 4 is 32.3 Å². The molecular formula is C15H16N2O2S2. The summed E-state index contributed by atoms with van der Waals surface area (Å²) >= 11 is 1.23. The predicted molar refractivity (Wildman–Crippen MR) is 86.2 cm³/mol. The second kappa shape index (κ2) is 5.63. The molecule has 0 radical (unpaired) electrons. The van der Waals surface area contributed by atoms with Gasteiger partial charge in [-0.15, -0.1) is 11.3 Å². The fraction of sp³-hybridized carbons (Fsp3) is 0.200. The predicted octanol–water partition coefficient (Wildman–Crippen LogP) is 3.06. The van der Waals surface area contributed by atoms with Gasteiger partial charge in [-0.25, -0.2) is 13.1 Å². The Morgan fingerprint density at radius 2 is 2.10 bits per heavy atom. The minimum Gasteiger partial charge on any atom is -0.359 e. The van der Waals surface area contributed by atoms with E-state index in [0.717, 1.165) is 22.2 Å². The smallest absolute Gasteiger partial charge is 0.250 e. The van der Waals surface area contributed by atoms with E-state index in [9.17, 15) is 8.42 Å². The summed E-state index contributed by atoms with van der Waals surface area (Å²) in [7, 11) is -3.36. The zero-order valence-electron chi connectivity index (χ0n) is 11.6. The average molecular weight is 320 g/mol. The number of hydrogen-bond donors (Lipinski definition) is 2. The van der Waals surface area contributed by atoms with E-state index in [-0.39, 0.29) is 0 Å². The molecule has 0 unspecified atom stereocenters. The Kier molecular flexibility index (Phi) is 3.84. The molecular weight excluding hydrogens is 304 g/mol. The molecule has 2 N–H and O–H groups in total. The molecule has 2 aromatic heterocycles. The molecule has 4 nitrogen and oxygen atoms in total. The number of rotatable bonds is 5. The number of thiophene rings is 1. The van der Waals surface area contributed by atoms with Gasteiger partial charge in [0.05, 0.1) is 0 Å². The first kappa shape index (κ1) is 14.3. The molecule has 2 heterocycles. The van der Waals surface area contributed by atoms with Crippen LogP contribution in [0.2, 0.25) is 0 Å². The van der Waals surface area contributed by atoms with Crippen LogP contribution in [0.5, 0.6) is 0 Å². The van der Waals surface area contributed by atoms with Gasteiger partial charge in [0, 0.05) is 17.8 Å². The molecule has 0 atom stereocenters. The van der Waals surface area contributed by atoms with Gasteiger partial charge in [0.1, 0.15) is 4.21 Å². The van der Waals surface area contributed by atoms with Crippen LogP contribution in [0.4, 0.5) is 0 Å². The second-order valence-corrected chi connectivity index (χ2v) is 7.90. The highest BCUT2D eigenvalue weighted by Crippen LogP contribution is 2.18. The molecule has 3 rings (SSSR count). The Balaban J connectivity index is 1.66. The van der Waals surface area contributed by atoms with E-state index in [1.54, 1.807) is 17.5 Å². The Hall–Kier alpha value is -1.63. The van der Waals surface area contributed by atoms with Gasteiger partial charge in [0.15, 0.2) is 0 Å². The van der Waals surface area contributed by atoms with Gasteiger partial charge in [-0.05, 0) is 53.9 Å². The molecule has 0 amide bonds. The fourth-order valence-electron chi connectivity index (χ4n) is 2.30. The Labute approximate surface area is 127 Å². The molecule has 0 saturated carbocycles. The SMILES string of the molecule is Cc1cc2cc(CCNS(=O)(=O)c3cccs3)ccc2[nH]1. The van der Waals surface area contributed by atoms with Crippen LogP contribution >= 0.6 is 11.3 Å². The minimum atomic E-state index is -3.36. The molecule has 0 aliphatic carbocycles. The lowest BCUT2D eigenvalue weighted by Gasteiger charge is -2.05. The van der Waals surface area contributed by atoms with E-state index in [1.165, 1.54) is 11.3 Å². The molecule has 0 bridgehead atoms. The fourth-order valence-corrected chi connectivity index (χ4v) is 4.37. The van der Waals surface area contributed by atoms with Crippen molar-refractivity contribution in [3.63, 3.8) is 0 Å². The van der Waals surface area contributed by atoms with Crippen LogP contribution in [0.15, 0.2) is 46.0 Å². The zero-order valence-corrected chi connectivity index (χ0v) is 13.2. The summed E-state index contributed by atoms with van der Waals surface area (Å²) in [5.41, 5.74) is 3.35. The first-order valence-corrected chi connectivity index (χ1v) is 9.02. The average Bonchev–Trinajstić information content (AvgIpc) is 3.06. The molecule has 0 spiro atoms. The van der Waals surface area contributed by atoms with Gasteiger partial charge in [0.2, 0.25) is 10.0 Å². The molecule has 110 valence electrons. The molecule has 6 heteroatoms. The maximum Gasteiger partial charge on any atom is 0.250 e. The van der Waals surface area contributed by atoms with Crippen LogP contribution < -0.4 is 4.72 Å². The molecule has 0 aliphatic rings. The van der Waals surface area contributed by atoms with Crippen LogP contribution in [0.25, 0.3) is 10.9 Å². The first-order valence-electron chi connectivity index (χ1n) is 6.66. The topological polar surface area (TPSA) is 62.0 Å². The van der Waals surface area contributed by atoms with Crippen LogP contribution in [0, 0.1) is 6.92 Å². The molecule has 3 aromatic rings. The van der Waals surface area contributed by atoms with E-state index < -0.39 is 10.0 Å². The number of aromatic amines is 1. The third kappa shape index (κ3) is 3.18. The summed E-state index contributed by atoms with van der Waals surface area (Å²) in [6.07, 6.45) is 0.671. The van der Waals surface area contributed by atoms with Crippen molar-refractivity contribution in [3.8, 4) is 0 Å². The molecule has 21 heavy (non-hydrogen) atoms. The third-order valence-corrected chi connectivity index (χ3v) is 6.14. The van der Waals surface area contributed by atoms with Crippen molar-refractivity contribution in [1.82, 2.24) is 9.71 Å². The lowest BCUT2D eigenvalue weighted by Crippen LogP contribution is -2.25. The Morgan fingerprint density at radius 3 is 2.86 bits per heavy atom. The van der Waals surface area contributed by atoms with E-state index in [4.69, 9.17) is 0 Å². The van der Waals surface area contributed by atoms with Crippen molar-refractivity contribution in [2.45, 2.75) is 17.6 Å². The van der Waals surface area contributed by atoms with E-state index in [0.29, 0.717) is 17.2 Å². The standard InChI is InChI=1S/C15H16N2O2S2/c1-11-9-13-10-12(4-5-14(13)17-11)6-7-16-21(18,19)15-3-2-8-20-15/h2-5,8-10,16-17H,6-7H2,1H3. The number of nitrogens with one attached hydrogen (secondary N) is 2. The van der Waals surface area contributed by atoms with E-state index in [2.05, 4.69) is 21.8 Å². The number of benzene rings is 1. The van der Waals surface area contributed by atoms with Crippen molar-refractivity contribution in [2.24, 2.45) is 0 Å². The van der Waals surface area contributed by atoms with Crippen LogP contribution in [0.3, 0.4) is 0 Å². The highest BCUT2D eigenvalue weighted by atomic mass is 32.2. The van der Waals surface area contributed by atoms with E-state index >= 15 is 0 Å². The lowest BCUT2D eigenvalue weighted by atomic mass is 10.1. The lowest BCUT2D eigenvalue weighted by molar-refractivity contribution is 0.584. The quantitative estimate of drug-likeness (QED) is 0.759. The van der Waals surface area contributed by atoms with Crippen LogP contribution in [-0.2, 0) is 16.4 Å². The highest BCUT2D eigenvalue weighted by molar-refractivity contribution is 7.91. The maximum atomic E-state index is 12.0. The molecule has 0 aliphatic heterocycles. The van der Waals surface area contributed by atoms with Crippen molar-refractivity contribution in [1.29, 1.82) is 0 Å². The van der Waals surface area contributed by atoms with Crippen LogP contribution in [0.1, 0.15) is 11.3 Å². The maximum absolute atomic E-state index is 12.0. The highest BCUT2D eigenvalue weighted by Gasteiger charge is 2.13. The van der Waals surface area contributed by atoms with Gasteiger partial charge < -0.3 is 4.98 Å². The van der Waals surface area contributed by atoms with Gasteiger partial charge in [-0.1, -0.05) is 12.1 Å². The third-order valence-electron chi connectivity index (χ3n) is 3.29. The Morgan fingerprint density at radius 1 is 1.24 bits per heavy atom. The van der Waals surface area contributed by atoms with Crippen molar-refractivity contribution in [2.75, 3.05) is 6.54 Å². The number of hydrogen-bond acceptors (Lipinski definition) is 3. The summed E-state index contributed by atoms with van der Waals surface area (Å²) < 4.78 is 27.0. The number of H-pyrrole nitrogens is 1. The number of aromatic nitrogens is 1.